The maximum Gasteiger partial charge on any atom is 0.281 e. The number of likely N-dealkylation sites (tertiary alicyclic amines) is 1. The molecule has 8 heteroatoms. The quantitative estimate of drug-likeness (QED) is 0.463. The first-order chi connectivity index (χ1) is 15.3. The number of pyridine rings is 1. The number of hydrogen-bond acceptors (Lipinski definition) is 7. The van der Waals surface area contributed by atoms with E-state index in [1.165, 1.54) is 11.3 Å². The summed E-state index contributed by atoms with van der Waals surface area (Å²) in [5.41, 5.74) is 1.11. The van der Waals surface area contributed by atoms with Gasteiger partial charge in [0.05, 0.1) is 11.2 Å². The lowest BCUT2D eigenvalue weighted by molar-refractivity contribution is -0.129. The largest absolute Gasteiger partial charge is 0.460 e. The van der Waals surface area contributed by atoms with Crippen molar-refractivity contribution in [1.29, 1.82) is 0 Å². The molecule has 1 aromatic carbocycles. The van der Waals surface area contributed by atoms with E-state index in [-0.39, 0.29) is 17.4 Å². The van der Waals surface area contributed by atoms with Gasteiger partial charge in [-0.3, -0.25) is 9.69 Å². The second-order valence-corrected chi connectivity index (χ2v) is 10.3. The molecule has 1 saturated heterocycles. The SMILES string of the molecule is CC(C)(C)C(=O)NC1CCN(Cc2cc3ccc(Oc4nc5ncccc5s4)cc3o2)C1. The third-order valence-electron chi connectivity index (χ3n) is 5.56. The molecule has 0 saturated carbocycles. The van der Waals surface area contributed by atoms with Crippen LogP contribution in [-0.4, -0.2) is 39.9 Å². The average molecular weight is 451 g/mol. The Kier molecular flexibility index (Phi) is 5.35. The van der Waals surface area contributed by atoms with Crippen molar-refractivity contribution in [3.05, 3.63) is 48.4 Å². The van der Waals surface area contributed by atoms with Crippen LogP contribution in [0.25, 0.3) is 21.3 Å². The number of furan rings is 1. The first kappa shape index (κ1) is 20.9. The average Bonchev–Trinajstić information content (AvgIpc) is 3.44. The maximum atomic E-state index is 12.2. The Labute approximate surface area is 190 Å². The summed E-state index contributed by atoms with van der Waals surface area (Å²) < 4.78 is 13.0. The predicted molar refractivity (Wildman–Crippen MR) is 125 cm³/mol. The van der Waals surface area contributed by atoms with Gasteiger partial charge in [-0.15, -0.1) is 0 Å². The number of carbonyl (C=O) groups excluding carboxylic acids is 1. The van der Waals surface area contributed by atoms with Gasteiger partial charge >= 0.3 is 0 Å². The van der Waals surface area contributed by atoms with E-state index in [1.54, 1.807) is 6.20 Å². The van der Waals surface area contributed by atoms with E-state index in [9.17, 15) is 4.79 Å². The summed E-state index contributed by atoms with van der Waals surface area (Å²) in [5, 5.41) is 4.76. The van der Waals surface area contributed by atoms with Crippen molar-refractivity contribution in [2.45, 2.75) is 39.8 Å². The smallest absolute Gasteiger partial charge is 0.281 e. The minimum atomic E-state index is -0.367. The minimum Gasteiger partial charge on any atom is -0.460 e. The summed E-state index contributed by atoms with van der Waals surface area (Å²) in [6.45, 7) is 8.31. The van der Waals surface area contributed by atoms with Crippen molar-refractivity contribution < 1.29 is 13.9 Å². The van der Waals surface area contributed by atoms with Crippen LogP contribution in [0.15, 0.2) is 47.0 Å². The monoisotopic (exact) mass is 450 g/mol. The molecule has 1 unspecified atom stereocenters. The van der Waals surface area contributed by atoms with Crippen LogP contribution in [0.5, 0.6) is 10.9 Å². The molecular formula is C24H26N4O3S. The van der Waals surface area contributed by atoms with Crippen LogP contribution < -0.4 is 10.1 Å². The van der Waals surface area contributed by atoms with Crippen LogP contribution >= 0.6 is 11.3 Å². The highest BCUT2D eigenvalue weighted by molar-refractivity contribution is 7.20. The van der Waals surface area contributed by atoms with Crippen molar-refractivity contribution in [2.75, 3.05) is 13.1 Å². The second-order valence-electron chi connectivity index (χ2n) is 9.26. The highest BCUT2D eigenvalue weighted by atomic mass is 32.1. The molecule has 166 valence electrons. The van der Waals surface area contributed by atoms with Crippen molar-refractivity contribution in [2.24, 2.45) is 5.41 Å². The van der Waals surface area contributed by atoms with E-state index in [4.69, 9.17) is 9.15 Å². The first-order valence-corrected chi connectivity index (χ1v) is 11.6. The first-order valence-electron chi connectivity index (χ1n) is 10.8. The molecule has 1 N–H and O–H groups in total. The van der Waals surface area contributed by atoms with Crippen molar-refractivity contribution in [3.8, 4) is 10.9 Å². The zero-order valence-electron chi connectivity index (χ0n) is 18.4. The Balaban J connectivity index is 1.24. The molecule has 4 heterocycles. The van der Waals surface area contributed by atoms with Crippen LogP contribution in [-0.2, 0) is 11.3 Å². The van der Waals surface area contributed by atoms with E-state index < -0.39 is 0 Å². The third kappa shape index (κ3) is 4.47. The van der Waals surface area contributed by atoms with Gasteiger partial charge in [0, 0.05) is 42.2 Å². The van der Waals surface area contributed by atoms with Crippen LogP contribution in [0.1, 0.15) is 33.0 Å². The Morgan fingerprint density at radius 2 is 2.19 bits per heavy atom. The standard InChI is InChI=1S/C24H26N4O3S/c1-24(2,3)22(29)26-16-8-10-28(13-16)14-18-11-15-6-7-17(12-19(15)30-18)31-23-27-21-20(32-23)5-4-9-25-21/h4-7,9,11-12,16H,8,10,13-14H2,1-3H3,(H,26,29). The van der Waals surface area contributed by atoms with E-state index in [1.807, 2.05) is 51.1 Å². The summed E-state index contributed by atoms with van der Waals surface area (Å²) in [7, 11) is 0. The van der Waals surface area contributed by atoms with Gasteiger partial charge in [-0.25, -0.2) is 4.98 Å². The molecule has 0 bridgehead atoms. The number of benzene rings is 1. The maximum absolute atomic E-state index is 12.2. The van der Waals surface area contributed by atoms with Crippen molar-refractivity contribution in [1.82, 2.24) is 20.2 Å². The molecule has 1 amide bonds. The van der Waals surface area contributed by atoms with Gasteiger partial charge in [0.15, 0.2) is 5.65 Å². The van der Waals surface area contributed by atoms with Crippen LogP contribution in [0.3, 0.4) is 0 Å². The molecule has 1 fully saturated rings. The number of rotatable bonds is 5. The lowest BCUT2D eigenvalue weighted by Crippen LogP contribution is -2.42. The molecule has 5 rings (SSSR count). The van der Waals surface area contributed by atoms with Crippen molar-refractivity contribution >= 4 is 38.6 Å². The zero-order valence-corrected chi connectivity index (χ0v) is 19.2. The Hall–Kier alpha value is -2.97. The molecule has 4 aromatic rings. The summed E-state index contributed by atoms with van der Waals surface area (Å²) in [6, 6.07) is 12.0. The van der Waals surface area contributed by atoms with Gasteiger partial charge in [-0.1, -0.05) is 32.1 Å². The molecule has 7 nitrogen and oxygen atoms in total. The minimum absolute atomic E-state index is 0.101. The Morgan fingerprint density at radius 1 is 1.31 bits per heavy atom. The lowest BCUT2D eigenvalue weighted by atomic mass is 9.95. The molecule has 1 atom stereocenters. The zero-order chi connectivity index (χ0) is 22.3. The van der Waals surface area contributed by atoms with Crippen LogP contribution in [0, 0.1) is 5.41 Å². The number of hydrogen-bond donors (Lipinski definition) is 1. The summed E-state index contributed by atoms with van der Waals surface area (Å²) >= 11 is 1.47. The van der Waals surface area contributed by atoms with Gasteiger partial charge in [-0.05, 0) is 36.8 Å². The molecule has 1 aliphatic rings. The number of thiazole rings is 1. The summed E-state index contributed by atoms with van der Waals surface area (Å²) in [5.74, 6) is 1.69. The highest BCUT2D eigenvalue weighted by Crippen LogP contribution is 2.32. The number of fused-ring (bicyclic) bond motifs is 2. The fourth-order valence-corrected chi connectivity index (χ4v) is 4.61. The number of nitrogens with zero attached hydrogens (tertiary/aromatic N) is 3. The number of ether oxygens (including phenoxy) is 1. The topological polar surface area (TPSA) is 80.5 Å². The second kappa shape index (κ2) is 8.18. The molecule has 0 radical (unpaired) electrons. The normalized spacial score (nSPS) is 17.3. The van der Waals surface area contributed by atoms with Gasteiger partial charge in [-0.2, -0.15) is 4.98 Å². The lowest BCUT2D eigenvalue weighted by Gasteiger charge is -2.21. The Bertz CT molecular complexity index is 1240. The molecule has 3 aromatic heterocycles. The summed E-state index contributed by atoms with van der Waals surface area (Å²) in [4.78, 5) is 23.2. The van der Waals surface area contributed by atoms with Crippen LogP contribution in [0.4, 0.5) is 0 Å². The van der Waals surface area contributed by atoms with Crippen LogP contribution in [0.2, 0.25) is 0 Å². The van der Waals surface area contributed by atoms with Crippen molar-refractivity contribution in [3.63, 3.8) is 0 Å². The van der Waals surface area contributed by atoms with E-state index in [0.717, 1.165) is 47.5 Å². The molecule has 0 spiro atoms. The van der Waals surface area contributed by atoms with E-state index >= 15 is 0 Å². The van der Waals surface area contributed by atoms with Gasteiger partial charge in [0.1, 0.15) is 17.1 Å². The number of aromatic nitrogens is 2. The predicted octanol–water partition coefficient (Wildman–Crippen LogP) is 4.97. The van der Waals surface area contributed by atoms with E-state index in [2.05, 4.69) is 26.3 Å². The van der Waals surface area contributed by atoms with Gasteiger partial charge < -0.3 is 14.5 Å². The molecular weight excluding hydrogens is 424 g/mol. The molecule has 1 aliphatic heterocycles. The number of carbonyl (C=O) groups is 1. The Morgan fingerprint density at radius 3 is 3.00 bits per heavy atom. The number of nitrogens with one attached hydrogen (secondary N) is 1. The van der Waals surface area contributed by atoms with Gasteiger partial charge in [0.25, 0.3) is 5.19 Å². The third-order valence-corrected chi connectivity index (χ3v) is 6.45. The number of amides is 1. The molecule has 32 heavy (non-hydrogen) atoms. The highest BCUT2D eigenvalue weighted by Gasteiger charge is 2.28. The molecule has 0 aliphatic carbocycles. The van der Waals surface area contributed by atoms with Gasteiger partial charge in [0.2, 0.25) is 5.91 Å². The fourth-order valence-electron chi connectivity index (χ4n) is 3.82. The van der Waals surface area contributed by atoms with E-state index in [0.29, 0.717) is 16.6 Å². The summed E-state index contributed by atoms with van der Waals surface area (Å²) in [6.07, 6.45) is 2.68. The fraction of sp³-hybridized carbons (Fsp3) is 0.375.